The van der Waals surface area contributed by atoms with Crippen molar-refractivity contribution in [3.8, 4) is 5.75 Å². The number of ether oxygens (including phenoxy) is 2. The molecule has 0 aliphatic rings. The van der Waals surface area contributed by atoms with Crippen molar-refractivity contribution in [1.29, 1.82) is 0 Å². The first kappa shape index (κ1) is 26.3. The Hall–Kier alpha value is -2.77. The molecule has 0 aromatic heterocycles. The highest BCUT2D eigenvalue weighted by molar-refractivity contribution is 5.80. The van der Waals surface area contributed by atoms with Crippen LogP contribution < -0.4 is 20.7 Å². The molecule has 3 amide bonds. The SMILES string of the molecule is CC(Oc1ccc(C(C)C)cc1)C(=O)NCCCNC(=O)CCNC(=O)OC(C)(C)C. The molecule has 1 atom stereocenters. The van der Waals surface area contributed by atoms with Crippen molar-refractivity contribution in [3.05, 3.63) is 29.8 Å². The van der Waals surface area contributed by atoms with Gasteiger partial charge in [-0.05, 0) is 57.7 Å². The maximum atomic E-state index is 12.1. The lowest BCUT2D eigenvalue weighted by Gasteiger charge is -2.19. The lowest BCUT2D eigenvalue weighted by molar-refractivity contribution is -0.127. The van der Waals surface area contributed by atoms with Crippen LogP contribution in [0, 0.1) is 0 Å². The van der Waals surface area contributed by atoms with E-state index in [1.54, 1.807) is 27.7 Å². The van der Waals surface area contributed by atoms with Gasteiger partial charge in [0, 0.05) is 26.1 Å². The first-order valence-corrected chi connectivity index (χ1v) is 10.8. The molecule has 31 heavy (non-hydrogen) atoms. The Morgan fingerprint density at radius 1 is 0.903 bits per heavy atom. The fourth-order valence-corrected chi connectivity index (χ4v) is 2.54. The largest absolute Gasteiger partial charge is 0.481 e. The molecule has 1 aromatic carbocycles. The van der Waals surface area contributed by atoms with E-state index in [0.29, 0.717) is 31.2 Å². The van der Waals surface area contributed by atoms with Crippen LogP contribution in [-0.2, 0) is 14.3 Å². The standard InChI is InChI=1S/C23H37N3O5/c1-16(2)18-8-10-19(11-9-18)30-17(3)21(28)25-14-7-13-24-20(27)12-15-26-22(29)31-23(4,5)6/h8-11,16-17H,7,12-15H2,1-6H3,(H,24,27)(H,25,28)(H,26,29). The third-order valence-corrected chi connectivity index (χ3v) is 4.22. The molecular formula is C23H37N3O5. The van der Waals surface area contributed by atoms with Gasteiger partial charge in [-0.2, -0.15) is 0 Å². The molecule has 0 aliphatic heterocycles. The molecule has 0 saturated carbocycles. The molecule has 8 nitrogen and oxygen atoms in total. The van der Waals surface area contributed by atoms with Crippen molar-refractivity contribution in [1.82, 2.24) is 16.0 Å². The van der Waals surface area contributed by atoms with E-state index in [4.69, 9.17) is 9.47 Å². The predicted octanol–water partition coefficient (Wildman–Crippen LogP) is 3.11. The van der Waals surface area contributed by atoms with Gasteiger partial charge >= 0.3 is 6.09 Å². The summed E-state index contributed by atoms with van der Waals surface area (Å²) in [5, 5.41) is 8.08. The first-order chi connectivity index (χ1) is 14.5. The Morgan fingerprint density at radius 3 is 2.10 bits per heavy atom. The van der Waals surface area contributed by atoms with Crippen LogP contribution in [0.5, 0.6) is 5.75 Å². The maximum Gasteiger partial charge on any atom is 0.407 e. The second-order valence-corrected chi connectivity index (χ2v) is 8.66. The topological polar surface area (TPSA) is 106 Å². The molecule has 0 spiro atoms. The van der Waals surface area contributed by atoms with Gasteiger partial charge in [-0.3, -0.25) is 9.59 Å². The zero-order chi connectivity index (χ0) is 23.4. The summed E-state index contributed by atoms with van der Waals surface area (Å²) < 4.78 is 10.8. The lowest BCUT2D eigenvalue weighted by Crippen LogP contribution is -2.38. The van der Waals surface area contributed by atoms with Crippen molar-refractivity contribution in [2.75, 3.05) is 19.6 Å². The number of rotatable bonds is 11. The van der Waals surface area contributed by atoms with Crippen molar-refractivity contribution in [3.63, 3.8) is 0 Å². The van der Waals surface area contributed by atoms with Crippen LogP contribution in [0.4, 0.5) is 4.79 Å². The molecule has 174 valence electrons. The van der Waals surface area contributed by atoms with Crippen LogP contribution in [-0.4, -0.2) is 49.2 Å². The number of amides is 3. The van der Waals surface area contributed by atoms with Crippen LogP contribution in [0.2, 0.25) is 0 Å². The molecule has 3 N–H and O–H groups in total. The van der Waals surface area contributed by atoms with Gasteiger partial charge in [-0.15, -0.1) is 0 Å². The van der Waals surface area contributed by atoms with E-state index >= 15 is 0 Å². The smallest absolute Gasteiger partial charge is 0.407 e. The van der Waals surface area contributed by atoms with Crippen molar-refractivity contribution >= 4 is 17.9 Å². The summed E-state index contributed by atoms with van der Waals surface area (Å²) in [6, 6.07) is 7.73. The maximum absolute atomic E-state index is 12.1. The van der Waals surface area contributed by atoms with Crippen molar-refractivity contribution < 1.29 is 23.9 Å². The molecule has 0 aliphatic carbocycles. The molecule has 0 fully saturated rings. The zero-order valence-corrected chi connectivity index (χ0v) is 19.5. The highest BCUT2D eigenvalue weighted by Crippen LogP contribution is 2.19. The Balaban J connectivity index is 2.15. The second kappa shape index (κ2) is 12.8. The number of hydrogen-bond donors (Lipinski definition) is 3. The van der Waals surface area contributed by atoms with Gasteiger partial charge < -0.3 is 25.4 Å². The summed E-state index contributed by atoms with van der Waals surface area (Å²) in [6.07, 6.45) is -0.410. The number of carbonyl (C=O) groups excluding carboxylic acids is 3. The Morgan fingerprint density at radius 2 is 1.52 bits per heavy atom. The third-order valence-electron chi connectivity index (χ3n) is 4.22. The summed E-state index contributed by atoms with van der Waals surface area (Å²) >= 11 is 0. The summed E-state index contributed by atoms with van der Waals surface area (Å²) in [5.41, 5.74) is 0.643. The van der Waals surface area contributed by atoms with Gasteiger partial charge in [0.2, 0.25) is 5.91 Å². The van der Waals surface area contributed by atoms with Crippen LogP contribution in [0.15, 0.2) is 24.3 Å². The predicted molar refractivity (Wildman–Crippen MR) is 120 cm³/mol. The van der Waals surface area contributed by atoms with E-state index < -0.39 is 17.8 Å². The Kier molecular flexibility index (Phi) is 10.9. The van der Waals surface area contributed by atoms with Gasteiger partial charge in [-0.1, -0.05) is 26.0 Å². The molecular weight excluding hydrogens is 398 g/mol. The van der Waals surface area contributed by atoms with E-state index in [9.17, 15) is 14.4 Å². The molecule has 0 radical (unpaired) electrons. The van der Waals surface area contributed by atoms with Gasteiger partial charge in [0.15, 0.2) is 6.10 Å². The number of benzene rings is 1. The van der Waals surface area contributed by atoms with Crippen LogP contribution >= 0.6 is 0 Å². The molecule has 0 bridgehead atoms. The second-order valence-electron chi connectivity index (χ2n) is 8.66. The highest BCUT2D eigenvalue weighted by Gasteiger charge is 2.16. The van der Waals surface area contributed by atoms with E-state index in [1.807, 2.05) is 24.3 Å². The molecule has 1 aromatic rings. The fourth-order valence-electron chi connectivity index (χ4n) is 2.54. The number of alkyl carbamates (subject to hydrolysis) is 1. The normalized spacial score (nSPS) is 12.1. The molecule has 1 unspecified atom stereocenters. The van der Waals surface area contributed by atoms with E-state index in [0.717, 1.165) is 0 Å². The van der Waals surface area contributed by atoms with E-state index in [1.165, 1.54) is 5.56 Å². The summed E-state index contributed by atoms with van der Waals surface area (Å²) in [7, 11) is 0. The average molecular weight is 436 g/mol. The van der Waals surface area contributed by atoms with Crippen LogP contribution in [0.25, 0.3) is 0 Å². The van der Waals surface area contributed by atoms with Crippen LogP contribution in [0.1, 0.15) is 65.9 Å². The number of nitrogens with one attached hydrogen (secondary N) is 3. The van der Waals surface area contributed by atoms with Gasteiger partial charge in [0.1, 0.15) is 11.4 Å². The zero-order valence-electron chi connectivity index (χ0n) is 19.5. The summed E-state index contributed by atoms with van der Waals surface area (Å²) in [6.45, 7) is 12.3. The van der Waals surface area contributed by atoms with Crippen LogP contribution in [0.3, 0.4) is 0 Å². The number of carbonyl (C=O) groups is 3. The van der Waals surface area contributed by atoms with E-state index in [2.05, 4.69) is 29.8 Å². The number of hydrogen-bond acceptors (Lipinski definition) is 5. The Bertz CT molecular complexity index is 711. The Labute approximate surface area is 185 Å². The minimum absolute atomic E-state index is 0.159. The molecule has 0 heterocycles. The third kappa shape index (κ3) is 11.9. The van der Waals surface area contributed by atoms with Crippen molar-refractivity contribution in [2.45, 2.75) is 72.0 Å². The van der Waals surface area contributed by atoms with Crippen molar-refractivity contribution in [2.24, 2.45) is 0 Å². The molecule has 8 heteroatoms. The minimum atomic E-state index is -0.613. The highest BCUT2D eigenvalue weighted by atomic mass is 16.6. The lowest BCUT2D eigenvalue weighted by atomic mass is 10.0. The quantitative estimate of drug-likeness (QED) is 0.463. The van der Waals surface area contributed by atoms with Gasteiger partial charge in [0.05, 0.1) is 0 Å². The first-order valence-electron chi connectivity index (χ1n) is 10.8. The monoisotopic (exact) mass is 435 g/mol. The minimum Gasteiger partial charge on any atom is -0.481 e. The van der Waals surface area contributed by atoms with Gasteiger partial charge in [-0.25, -0.2) is 4.79 Å². The van der Waals surface area contributed by atoms with Gasteiger partial charge in [0.25, 0.3) is 5.91 Å². The fraction of sp³-hybridized carbons (Fsp3) is 0.609. The summed E-state index contributed by atoms with van der Waals surface area (Å²) in [5.74, 6) is 0.709. The average Bonchev–Trinajstić information content (AvgIpc) is 2.66. The molecule has 0 saturated heterocycles. The molecule has 1 rings (SSSR count). The van der Waals surface area contributed by atoms with E-state index in [-0.39, 0.29) is 24.8 Å². The summed E-state index contributed by atoms with van der Waals surface area (Å²) in [4.78, 5) is 35.4.